The molecule has 30 heavy (non-hydrogen) atoms. The van der Waals surface area contributed by atoms with Crippen LogP contribution in [0.2, 0.25) is 0 Å². The van der Waals surface area contributed by atoms with Crippen LogP contribution < -0.4 is 15.9 Å². The molecule has 1 aliphatic rings. The van der Waals surface area contributed by atoms with Crippen LogP contribution in [-0.4, -0.2) is 33.9 Å². The lowest BCUT2D eigenvalue weighted by atomic mass is 10.1. The zero-order valence-corrected chi connectivity index (χ0v) is 16.6. The van der Waals surface area contributed by atoms with Crippen molar-refractivity contribution in [3.8, 4) is 11.4 Å². The third kappa shape index (κ3) is 3.17. The van der Waals surface area contributed by atoms with Crippen molar-refractivity contribution in [2.24, 2.45) is 0 Å². The average molecular weight is 403 g/mol. The van der Waals surface area contributed by atoms with Crippen molar-refractivity contribution < 1.29 is 9.47 Å². The molecule has 152 valence electrons. The molecule has 4 aromatic rings. The Morgan fingerprint density at radius 1 is 1.07 bits per heavy atom. The van der Waals surface area contributed by atoms with E-state index >= 15 is 0 Å². The standard InChI is InChI=1S/C23H21N3O4/c1-29-16-5-2-4-15(12-16)26-10-8-21-19(23(26)28)13-18-20(24-21)7-9-25(22(18)27)14-17-6-3-11-30-17/h2,4-5,7-10,12-13,17H,3,6,11,14H2,1H3. The van der Waals surface area contributed by atoms with Crippen molar-refractivity contribution >= 4 is 21.8 Å². The van der Waals surface area contributed by atoms with Crippen LogP contribution in [0.15, 0.2) is 64.4 Å². The number of hydrogen-bond acceptors (Lipinski definition) is 5. The van der Waals surface area contributed by atoms with Gasteiger partial charge in [-0.15, -0.1) is 0 Å². The fraction of sp³-hybridized carbons (Fsp3) is 0.261. The summed E-state index contributed by atoms with van der Waals surface area (Å²) in [6.45, 7) is 1.25. The van der Waals surface area contributed by atoms with E-state index in [1.54, 1.807) is 42.3 Å². The summed E-state index contributed by atoms with van der Waals surface area (Å²) >= 11 is 0. The number of fused-ring (bicyclic) bond motifs is 2. The van der Waals surface area contributed by atoms with E-state index < -0.39 is 0 Å². The molecule has 0 radical (unpaired) electrons. The second-order valence-electron chi connectivity index (χ2n) is 7.45. The van der Waals surface area contributed by atoms with E-state index in [4.69, 9.17) is 9.47 Å². The van der Waals surface area contributed by atoms with Crippen molar-refractivity contribution in [3.05, 3.63) is 75.6 Å². The van der Waals surface area contributed by atoms with Gasteiger partial charge < -0.3 is 14.0 Å². The summed E-state index contributed by atoms with van der Waals surface area (Å²) in [5.74, 6) is 0.660. The normalized spacial score (nSPS) is 16.4. The molecule has 1 aliphatic heterocycles. The summed E-state index contributed by atoms with van der Waals surface area (Å²) in [5.41, 5.74) is 1.43. The topological polar surface area (TPSA) is 75.3 Å². The lowest BCUT2D eigenvalue weighted by molar-refractivity contribution is 0.0963. The predicted molar refractivity (Wildman–Crippen MR) is 115 cm³/mol. The summed E-state index contributed by atoms with van der Waals surface area (Å²) in [6, 6.07) is 12.5. The van der Waals surface area contributed by atoms with Gasteiger partial charge in [-0.25, -0.2) is 4.98 Å². The molecule has 1 atom stereocenters. The Kier molecular flexibility index (Phi) is 4.59. The molecule has 1 aromatic carbocycles. The highest BCUT2D eigenvalue weighted by molar-refractivity contribution is 5.91. The van der Waals surface area contributed by atoms with Crippen LogP contribution in [0.4, 0.5) is 0 Å². The van der Waals surface area contributed by atoms with Gasteiger partial charge in [-0.1, -0.05) is 6.07 Å². The molecule has 7 heteroatoms. The highest BCUT2D eigenvalue weighted by Crippen LogP contribution is 2.19. The molecular formula is C23H21N3O4. The van der Waals surface area contributed by atoms with E-state index in [0.717, 1.165) is 19.4 Å². The van der Waals surface area contributed by atoms with E-state index in [9.17, 15) is 9.59 Å². The van der Waals surface area contributed by atoms with Crippen molar-refractivity contribution in [1.29, 1.82) is 0 Å². The number of benzene rings is 1. The van der Waals surface area contributed by atoms with Crippen LogP contribution in [0.3, 0.4) is 0 Å². The first kappa shape index (κ1) is 18.6. The Hall–Kier alpha value is -3.45. The molecule has 1 fully saturated rings. The third-order valence-electron chi connectivity index (χ3n) is 5.57. The number of aromatic nitrogens is 3. The summed E-state index contributed by atoms with van der Waals surface area (Å²) in [7, 11) is 1.58. The fourth-order valence-electron chi connectivity index (χ4n) is 3.98. The van der Waals surface area contributed by atoms with Gasteiger partial charge in [-0.2, -0.15) is 0 Å². The van der Waals surface area contributed by atoms with Crippen LogP contribution in [0.5, 0.6) is 5.75 Å². The zero-order valence-electron chi connectivity index (χ0n) is 16.6. The van der Waals surface area contributed by atoms with Crippen molar-refractivity contribution in [2.45, 2.75) is 25.5 Å². The van der Waals surface area contributed by atoms with Crippen molar-refractivity contribution in [1.82, 2.24) is 14.1 Å². The van der Waals surface area contributed by atoms with Gasteiger partial charge in [0.2, 0.25) is 0 Å². The predicted octanol–water partition coefficient (Wildman–Crippen LogP) is 2.89. The summed E-state index contributed by atoms with van der Waals surface area (Å²) in [5, 5.41) is 0.836. The highest BCUT2D eigenvalue weighted by Gasteiger charge is 2.17. The number of hydrogen-bond donors (Lipinski definition) is 0. The molecule has 1 unspecified atom stereocenters. The van der Waals surface area contributed by atoms with Crippen molar-refractivity contribution in [2.75, 3.05) is 13.7 Å². The van der Waals surface area contributed by atoms with Gasteiger partial charge in [0.25, 0.3) is 11.1 Å². The molecule has 0 saturated carbocycles. The minimum Gasteiger partial charge on any atom is -0.497 e. The molecule has 0 N–H and O–H groups in total. The molecule has 1 saturated heterocycles. The zero-order chi connectivity index (χ0) is 20.7. The Labute approximate surface area is 172 Å². The first-order valence-electron chi connectivity index (χ1n) is 9.95. The molecule has 0 bridgehead atoms. The molecule has 3 aromatic heterocycles. The maximum atomic E-state index is 13.2. The molecule has 0 spiro atoms. The van der Waals surface area contributed by atoms with Crippen LogP contribution >= 0.6 is 0 Å². The van der Waals surface area contributed by atoms with E-state index in [2.05, 4.69) is 4.98 Å². The van der Waals surface area contributed by atoms with Crippen LogP contribution in [0.25, 0.3) is 27.5 Å². The second kappa shape index (κ2) is 7.42. The van der Waals surface area contributed by atoms with Gasteiger partial charge in [0.15, 0.2) is 0 Å². The Balaban J connectivity index is 1.66. The third-order valence-corrected chi connectivity index (χ3v) is 5.57. The monoisotopic (exact) mass is 403 g/mol. The van der Waals surface area contributed by atoms with Gasteiger partial charge in [0, 0.05) is 25.1 Å². The minimum atomic E-state index is -0.232. The molecule has 5 rings (SSSR count). The van der Waals surface area contributed by atoms with E-state index in [1.165, 1.54) is 4.57 Å². The quantitative estimate of drug-likeness (QED) is 0.490. The first-order valence-corrected chi connectivity index (χ1v) is 9.95. The average Bonchev–Trinajstić information content (AvgIpc) is 3.28. The summed E-state index contributed by atoms with van der Waals surface area (Å²) < 4.78 is 14.1. The summed E-state index contributed by atoms with van der Waals surface area (Å²) in [6.07, 6.45) is 5.47. The number of methoxy groups -OCH3 is 1. The Bertz CT molecular complexity index is 1370. The fourth-order valence-corrected chi connectivity index (χ4v) is 3.98. The highest BCUT2D eigenvalue weighted by atomic mass is 16.5. The van der Waals surface area contributed by atoms with Crippen molar-refractivity contribution in [3.63, 3.8) is 0 Å². The lowest BCUT2D eigenvalue weighted by Gasteiger charge is -2.13. The molecule has 7 nitrogen and oxygen atoms in total. The van der Waals surface area contributed by atoms with Gasteiger partial charge in [-0.3, -0.25) is 14.2 Å². The molecular weight excluding hydrogens is 382 g/mol. The lowest BCUT2D eigenvalue weighted by Crippen LogP contribution is -2.26. The van der Waals surface area contributed by atoms with Crippen LogP contribution in [0.1, 0.15) is 12.8 Å². The van der Waals surface area contributed by atoms with Gasteiger partial charge in [0.05, 0.1) is 47.3 Å². The molecule has 4 heterocycles. The molecule has 0 amide bonds. The second-order valence-corrected chi connectivity index (χ2v) is 7.45. The van der Waals surface area contributed by atoms with Crippen LogP contribution in [0, 0.1) is 0 Å². The number of ether oxygens (including phenoxy) is 2. The first-order chi connectivity index (χ1) is 14.6. The molecule has 0 aliphatic carbocycles. The maximum Gasteiger partial charge on any atom is 0.264 e. The van der Waals surface area contributed by atoms with Gasteiger partial charge in [-0.05, 0) is 43.2 Å². The number of pyridine rings is 3. The smallest absolute Gasteiger partial charge is 0.264 e. The SMILES string of the molecule is COc1cccc(-n2ccc3nc4ccn(CC5CCCO5)c(=O)c4cc3c2=O)c1. The largest absolute Gasteiger partial charge is 0.497 e. The van der Waals surface area contributed by atoms with Crippen LogP contribution in [-0.2, 0) is 11.3 Å². The Morgan fingerprint density at radius 2 is 1.87 bits per heavy atom. The van der Waals surface area contributed by atoms with Gasteiger partial charge in [0.1, 0.15) is 5.75 Å². The van der Waals surface area contributed by atoms with Gasteiger partial charge >= 0.3 is 0 Å². The van der Waals surface area contributed by atoms with E-state index in [1.807, 2.05) is 24.3 Å². The van der Waals surface area contributed by atoms with E-state index in [0.29, 0.717) is 39.8 Å². The number of rotatable bonds is 4. The van der Waals surface area contributed by atoms with E-state index in [-0.39, 0.29) is 17.2 Å². The number of nitrogens with zero attached hydrogens (tertiary/aromatic N) is 3. The Morgan fingerprint density at radius 3 is 2.63 bits per heavy atom. The maximum absolute atomic E-state index is 13.2. The minimum absolute atomic E-state index is 0.0545. The summed E-state index contributed by atoms with van der Waals surface area (Å²) in [4.78, 5) is 30.8.